The molecule has 6 heteroatoms. The minimum atomic E-state index is -2.99. The molecule has 0 amide bonds. The van der Waals surface area contributed by atoms with Crippen molar-refractivity contribution in [3.63, 3.8) is 0 Å². The maximum Gasteiger partial charge on any atom is 0.147 e. The van der Waals surface area contributed by atoms with Crippen LogP contribution in [0.2, 0.25) is 0 Å². The Morgan fingerprint density at radius 1 is 1.44 bits per heavy atom. The fraction of sp³-hybridized carbons (Fsp3) is 0.500. The summed E-state index contributed by atoms with van der Waals surface area (Å²) in [5.74, 6) is 0.0687. The smallest absolute Gasteiger partial charge is 0.147 e. The van der Waals surface area contributed by atoms with Crippen LogP contribution in [0.15, 0.2) is 18.2 Å². The molecule has 1 atom stereocenters. The Kier molecular flexibility index (Phi) is 5.10. The van der Waals surface area contributed by atoms with Crippen LogP contribution >= 0.6 is 0 Å². The Morgan fingerprint density at radius 3 is 2.61 bits per heavy atom. The van der Waals surface area contributed by atoms with Crippen molar-refractivity contribution in [2.24, 2.45) is 5.73 Å². The Hall–Kier alpha value is -1.14. The highest BCUT2D eigenvalue weighted by molar-refractivity contribution is 7.90. The number of sulfone groups is 1. The number of benzene rings is 1. The van der Waals surface area contributed by atoms with Crippen LogP contribution in [-0.2, 0) is 9.84 Å². The number of rotatable bonds is 6. The van der Waals surface area contributed by atoms with Gasteiger partial charge in [-0.25, -0.2) is 12.8 Å². The van der Waals surface area contributed by atoms with Gasteiger partial charge < -0.3 is 10.5 Å². The van der Waals surface area contributed by atoms with E-state index in [2.05, 4.69) is 0 Å². The second-order valence-corrected chi connectivity index (χ2v) is 6.53. The lowest BCUT2D eigenvalue weighted by Gasteiger charge is -2.13. The molecule has 0 aliphatic heterocycles. The highest BCUT2D eigenvalue weighted by Gasteiger charge is 2.13. The topological polar surface area (TPSA) is 69.4 Å². The molecule has 1 aromatic rings. The molecule has 1 unspecified atom stereocenters. The number of nitrogens with two attached hydrogens (primary N) is 1. The van der Waals surface area contributed by atoms with E-state index < -0.39 is 21.7 Å². The lowest BCUT2D eigenvalue weighted by atomic mass is 10.0. The molecule has 2 N–H and O–H groups in total. The Balaban J connectivity index is 2.64. The van der Waals surface area contributed by atoms with Crippen LogP contribution in [0.3, 0.4) is 0 Å². The highest BCUT2D eigenvalue weighted by Crippen LogP contribution is 2.23. The third-order valence-corrected chi connectivity index (χ3v) is 3.67. The molecule has 1 rings (SSSR count). The normalized spacial score (nSPS) is 13.3. The average Bonchev–Trinajstić information content (AvgIpc) is 2.26. The van der Waals surface area contributed by atoms with Crippen molar-refractivity contribution in [3.8, 4) is 5.75 Å². The molecular weight excluding hydrogens is 257 g/mol. The predicted octanol–water partition coefficient (Wildman–Crippen LogP) is 1.66. The average molecular weight is 275 g/mol. The summed E-state index contributed by atoms with van der Waals surface area (Å²) in [4.78, 5) is 0. The number of hydrogen-bond donors (Lipinski definition) is 1. The van der Waals surface area contributed by atoms with Crippen molar-refractivity contribution in [1.82, 2.24) is 0 Å². The third kappa shape index (κ3) is 4.62. The lowest BCUT2D eigenvalue weighted by Crippen LogP contribution is -2.14. The van der Waals surface area contributed by atoms with Crippen molar-refractivity contribution < 1.29 is 17.5 Å². The monoisotopic (exact) mass is 275 g/mol. The zero-order valence-electron chi connectivity index (χ0n) is 10.5. The van der Waals surface area contributed by atoms with Gasteiger partial charge in [0.05, 0.1) is 7.11 Å². The number of ether oxygens (including phenoxy) is 1. The van der Waals surface area contributed by atoms with Crippen LogP contribution in [0.25, 0.3) is 0 Å². The van der Waals surface area contributed by atoms with E-state index in [4.69, 9.17) is 10.5 Å². The van der Waals surface area contributed by atoms with E-state index in [-0.39, 0.29) is 5.75 Å². The standard InChI is InChI=1S/C12H18FNO3S/c1-17-9-5-6-10(11(13)8-9)12(14)4-3-7-18(2,15)16/h5-6,8,12H,3-4,7,14H2,1-2H3. The van der Waals surface area contributed by atoms with Gasteiger partial charge in [-0.3, -0.25) is 0 Å². The van der Waals surface area contributed by atoms with Crippen LogP contribution in [0.4, 0.5) is 4.39 Å². The Labute approximate surface area is 107 Å². The van der Waals surface area contributed by atoms with Crippen LogP contribution in [0.1, 0.15) is 24.4 Å². The molecule has 0 fully saturated rings. The number of methoxy groups -OCH3 is 1. The van der Waals surface area contributed by atoms with E-state index in [1.807, 2.05) is 0 Å². The number of hydrogen-bond acceptors (Lipinski definition) is 4. The molecule has 0 radical (unpaired) electrons. The van der Waals surface area contributed by atoms with Gasteiger partial charge in [-0.15, -0.1) is 0 Å². The van der Waals surface area contributed by atoms with Gasteiger partial charge in [-0.05, 0) is 18.9 Å². The van der Waals surface area contributed by atoms with E-state index in [1.165, 1.54) is 19.4 Å². The van der Waals surface area contributed by atoms with Crippen molar-refractivity contribution in [3.05, 3.63) is 29.6 Å². The van der Waals surface area contributed by atoms with Gasteiger partial charge in [-0.2, -0.15) is 0 Å². The van der Waals surface area contributed by atoms with Crippen LogP contribution in [0.5, 0.6) is 5.75 Å². The third-order valence-electron chi connectivity index (χ3n) is 2.64. The Bertz CT molecular complexity index is 502. The molecule has 0 spiro atoms. The van der Waals surface area contributed by atoms with Crippen molar-refractivity contribution in [2.75, 3.05) is 19.1 Å². The van der Waals surface area contributed by atoms with Crippen LogP contribution in [-0.4, -0.2) is 27.5 Å². The second-order valence-electron chi connectivity index (χ2n) is 4.27. The van der Waals surface area contributed by atoms with Crippen LogP contribution < -0.4 is 10.5 Å². The van der Waals surface area contributed by atoms with E-state index in [0.29, 0.717) is 24.2 Å². The largest absolute Gasteiger partial charge is 0.497 e. The summed E-state index contributed by atoms with van der Waals surface area (Å²) in [6.07, 6.45) is 2.02. The summed E-state index contributed by atoms with van der Waals surface area (Å²) >= 11 is 0. The minimum Gasteiger partial charge on any atom is -0.497 e. The minimum absolute atomic E-state index is 0.0679. The maximum absolute atomic E-state index is 13.7. The summed E-state index contributed by atoms with van der Waals surface area (Å²) in [5, 5.41) is 0. The quantitative estimate of drug-likeness (QED) is 0.857. The molecule has 0 aromatic heterocycles. The summed E-state index contributed by atoms with van der Waals surface area (Å²) in [5.41, 5.74) is 6.22. The molecule has 1 aromatic carbocycles. The van der Waals surface area contributed by atoms with Crippen molar-refractivity contribution >= 4 is 9.84 Å². The molecule has 4 nitrogen and oxygen atoms in total. The molecule has 102 valence electrons. The molecular formula is C12H18FNO3S. The fourth-order valence-electron chi connectivity index (χ4n) is 1.66. The van der Waals surface area contributed by atoms with E-state index >= 15 is 0 Å². The lowest BCUT2D eigenvalue weighted by molar-refractivity contribution is 0.410. The Morgan fingerprint density at radius 2 is 2.11 bits per heavy atom. The van der Waals surface area contributed by atoms with Gasteiger partial charge in [0.25, 0.3) is 0 Å². The summed E-state index contributed by atoms with van der Waals surface area (Å²) in [7, 11) is -1.53. The zero-order chi connectivity index (χ0) is 13.8. The van der Waals surface area contributed by atoms with Crippen LogP contribution in [0, 0.1) is 5.82 Å². The molecule has 0 saturated carbocycles. The first-order valence-electron chi connectivity index (χ1n) is 5.60. The first-order chi connectivity index (χ1) is 8.33. The first-order valence-corrected chi connectivity index (χ1v) is 7.66. The fourth-order valence-corrected chi connectivity index (χ4v) is 2.35. The molecule has 0 saturated heterocycles. The van der Waals surface area contributed by atoms with Gasteiger partial charge in [0, 0.05) is 29.7 Å². The summed E-state index contributed by atoms with van der Waals surface area (Å²) in [6.45, 7) is 0. The molecule has 0 bridgehead atoms. The van der Waals surface area contributed by atoms with E-state index in [0.717, 1.165) is 0 Å². The van der Waals surface area contributed by atoms with E-state index in [9.17, 15) is 12.8 Å². The molecule has 0 aliphatic carbocycles. The van der Waals surface area contributed by atoms with Crippen molar-refractivity contribution in [2.45, 2.75) is 18.9 Å². The van der Waals surface area contributed by atoms with Crippen molar-refractivity contribution in [1.29, 1.82) is 0 Å². The van der Waals surface area contributed by atoms with Gasteiger partial charge in [-0.1, -0.05) is 6.07 Å². The van der Waals surface area contributed by atoms with Gasteiger partial charge >= 0.3 is 0 Å². The predicted molar refractivity (Wildman–Crippen MR) is 68.8 cm³/mol. The zero-order valence-corrected chi connectivity index (χ0v) is 11.3. The molecule has 0 aliphatic rings. The first kappa shape index (κ1) is 14.9. The maximum atomic E-state index is 13.7. The summed E-state index contributed by atoms with van der Waals surface area (Å²) in [6, 6.07) is 3.97. The number of halogens is 1. The van der Waals surface area contributed by atoms with Gasteiger partial charge in [0.1, 0.15) is 21.4 Å². The second kappa shape index (κ2) is 6.15. The molecule has 18 heavy (non-hydrogen) atoms. The molecule has 0 heterocycles. The van der Waals surface area contributed by atoms with E-state index in [1.54, 1.807) is 12.1 Å². The van der Waals surface area contributed by atoms with Gasteiger partial charge in [0.15, 0.2) is 0 Å². The summed E-state index contributed by atoms with van der Waals surface area (Å²) < 4.78 is 40.5. The SMILES string of the molecule is COc1ccc(C(N)CCCS(C)(=O)=O)c(F)c1. The van der Waals surface area contributed by atoms with Gasteiger partial charge in [0.2, 0.25) is 0 Å². The highest BCUT2D eigenvalue weighted by atomic mass is 32.2.